The molecule has 1 aliphatic rings. The van der Waals surface area contributed by atoms with E-state index < -0.39 is 11.7 Å². The number of benzene rings is 1. The summed E-state index contributed by atoms with van der Waals surface area (Å²) in [7, 11) is 0. The van der Waals surface area contributed by atoms with Gasteiger partial charge in [0, 0.05) is 43.1 Å². The van der Waals surface area contributed by atoms with Gasteiger partial charge < -0.3 is 10.2 Å². The highest BCUT2D eigenvalue weighted by Gasteiger charge is 2.31. The van der Waals surface area contributed by atoms with Gasteiger partial charge in [-0.25, -0.2) is 4.98 Å². The molecule has 1 aromatic heterocycles. The number of hydrogen-bond acceptors (Lipinski definition) is 4. The maximum Gasteiger partial charge on any atom is 0.417 e. The standard InChI is InChI=1S/C19H20ClF3N4O/c1-13-2-4-15(10-16(13)20)25-18(28)12-26-6-8-27(9-7-26)17-5-3-14(11-24-17)19(21,22)23/h2-5,10-11H,6-9,12H2,1H3,(H,25,28). The van der Waals surface area contributed by atoms with Crippen molar-refractivity contribution in [1.29, 1.82) is 0 Å². The second-order valence-corrected chi connectivity index (χ2v) is 7.09. The highest BCUT2D eigenvalue weighted by atomic mass is 35.5. The Balaban J connectivity index is 1.49. The molecule has 0 saturated carbocycles. The zero-order valence-corrected chi connectivity index (χ0v) is 16.0. The van der Waals surface area contributed by atoms with Crippen molar-refractivity contribution in [2.45, 2.75) is 13.1 Å². The lowest BCUT2D eigenvalue weighted by Gasteiger charge is -2.35. The summed E-state index contributed by atoms with van der Waals surface area (Å²) in [6.07, 6.45) is -3.54. The molecule has 0 spiro atoms. The van der Waals surface area contributed by atoms with Gasteiger partial charge in [-0.15, -0.1) is 0 Å². The van der Waals surface area contributed by atoms with Crippen LogP contribution in [0.3, 0.4) is 0 Å². The molecule has 0 atom stereocenters. The van der Waals surface area contributed by atoms with E-state index >= 15 is 0 Å². The van der Waals surface area contributed by atoms with E-state index in [4.69, 9.17) is 11.6 Å². The summed E-state index contributed by atoms with van der Waals surface area (Å²) in [5, 5.41) is 3.42. The number of nitrogens with zero attached hydrogens (tertiary/aromatic N) is 3. The van der Waals surface area contributed by atoms with Gasteiger partial charge in [-0.1, -0.05) is 17.7 Å². The minimum absolute atomic E-state index is 0.138. The molecule has 1 amide bonds. The van der Waals surface area contributed by atoms with E-state index in [-0.39, 0.29) is 12.5 Å². The third kappa shape index (κ3) is 5.14. The van der Waals surface area contributed by atoms with Gasteiger partial charge in [0.25, 0.3) is 0 Å². The number of piperazine rings is 1. The van der Waals surface area contributed by atoms with E-state index in [9.17, 15) is 18.0 Å². The van der Waals surface area contributed by atoms with Crippen LogP contribution >= 0.6 is 11.6 Å². The summed E-state index contributed by atoms with van der Waals surface area (Å²) in [5.41, 5.74) is 0.823. The predicted molar refractivity (Wildman–Crippen MR) is 103 cm³/mol. The average Bonchev–Trinajstić information content (AvgIpc) is 2.65. The van der Waals surface area contributed by atoms with Crippen LogP contribution in [0.5, 0.6) is 0 Å². The normalized spacial score (nSPS) is 15.5. The molecule has 1 aliphatic heterocycles. The molecule has 2 heterocycles. The van der Waals surface area contributed by atoms with Crippen LogP contribution in [0.2, 0.25) is 5.02 Å². The second-order valence-electron chi connectivity index (χ2n) is 6.68. The first-order chi connectivity index (χ1) is 13.2. The number of carbonyl (C=O) groups excluding carboxylic acids is 1. The van der Waals surface area contributed by atoms with Crippen LogP contribution in [-0.4, -0.2) is 48.5 Å². The summed E-state index contributed by atoms with van der Waals surface area (Å²) in [6.45, 7) is 4.53. The number of rotatable bonds is 4. The summed E-state index contributed by atoms with van der Waals surface area (Å²) in [5.74, 6) is 0.368. The van der Waals surface area contributed by atoms with Crippen molar-refractivity contribution in [2.75, 3.05) is 42.9 Å². The van der Waals surface area contributed by atoms with Crippen molar-refractivity contribution in [3.8, 4) is 0 Å². The Hall–Kier alpha value is -2.32. The number of alkyl halides is 3. The molecule has 28 heavy (non-hydrogen) atoms. The number of hydrogen-bond donors (Lipinski definition) is 1. The molecule has 150 valence electrons. The molecule has 3 rings (SSSR count). The fraction of sp³-hybridized carbons (Fsp3) is 0.368. The van der Waals surface area contributed by atoms with Crippen LogP contribution in [0.1, 0.15) is 11.1 Å². The Bertz CT molecular complexity index is 834. The first kappa shape index (κ1) is 20.4. The van der Waals surface area contributed by atoms with Crippen LogP contribution in [0.25, 0.3) is 0 Å². The Labute approximate surface area is 166 Å². The molecule has 0 unspecified atom stereocenters. The minimum Gasteiger partial charge on any atom is -0.354 e. The molecule has 0 radical (unpaired) electrons. The topological polar surface area (TPSA) is 48.5 Å². The van der Waals surface area contributed by atoms with E-state index in [2.05, 4.69) is 10.3 Å². The second kappa shape index (κ2) is 8.36. The van der Waals surface area contributed by atoms with Crippen LogP contribution < -0.4 is 10.2 Å². The lowest BCUT2D eigenvalue weighted by Crippen LogP contribution is -2.48. The van der Waals surface area contributed by atoms with Gasteiger partial charge >= 0.3 is 6.18 Å². The monoisotopic (exact) mass is 412 g/mol. The van der Waals surface area contributed by atoms with Gasteiger partial charge in [-0.05, 0) is 36.8 Å². The Kier molecular flexibility index (Phi) is 6.10. The zero-order chi connectivity index (χ0) is 20.3. The third-order valence-electron chi connectivity index (χ3n) is 4.59. The Morgan fingerprint density at radius 1 is 1.18 bits per heavy atom. The van der Waals surface area contributed by atoms with Gasteiger partial charge in [-0.2, -0.15) is 13.2 Å². The van der Waals surface area contributed by atoms with Crippen LogP contribution in [-0.2, 0) is 11.0 Å². The first-order valence-electron chi connectivity index (χ1n) is 8.79. The summed E-state index contributed by atoms with van der Waals surface area (Å²) < 4.78 is 37.9. The molecule has 2 aromatic rings. The molecule has 1 N–H and O–H groups in total. The number of nitrogens with one attached hydrogen (secondary N) is 1. The van der Waals surface area contributed by atoms with E-state index in [0.717, 1.165) is 17.8 Å². The average molecular weight is 413 g/mol. The minimum atomic E-state index is -4.39. The van der Waals surface area contributed by atoms with Gasteiger partial charge in [0.1, 0.15) is 5.82 Å². The summed E-state index contributed by atoms with van der Waals surface area (Å²) in [6, 6.07) is 7.77. The highest BCUT2D eigenvalue weighted by molar-refractivity contribution is 6.31. The predicted octanol–water partition coefficient (Wildman–Crippen LogP) is 3.82. The van der Waals surface area contributed by atoms with E-state index in [1.807, 2.05) is 22.8 Å². The zero-order valence-electron chi connectivity index (χ0n) is 15.3. The first-order valence-corrected chi connectivity index (χ1v) is 9.17. The SMILES string of the molecule is Cc1ccc(NC(=O)CN2CCN(c3ccc(C(F)(F)F)cn3)CC2)cc1Cl. The van der Waals surface area contributed by atoms with E-state index in [1.165, 1.54) is 6.07 Å². The number of aryl methyl sites for hydroxylation is 1. The third-order valence-corrected chi connectivity index (χ3v) is 5.00. The molecule has 1 saturated heterocycles. The lowest BCUT2D eigenvalue weighted by molar-refractivity contribution is -0.137. The fourth-order valence-corrected chi connectivity index (χ4v) is 3.13. The highest BCUT2D eigenvalue weighted by Crippen LogP contribution is 2.29. The van der Waals surface area contributed by atoms with Gasteiger partial charge in [0.15, 0.2) is 0 Å². The summed E-state index contributed by atoms with van der Waals surface area (Å²) >= 11 is 6.06. The van der Waals surface area contributed by atoms with E-state index in [1.54, 1.807) is 12.1 Å². The van der Waals surface area contributed by atoms with Gasteiger partial charge in [-0.3, -0.25) is 9.69 Å². The quantitative estimate of drug-likeness (QED) is 0.829. The molecule has 0 bridgehead atoms. The Morgan fingerprint density at radius 3 is 2.46 bits per heavy atom. The molecule has 5 nitrogen and oxygen atoms in total. The molecule has 1 fully saturated rings. The molecular formula is C19H20ClF3N4O. The molecule has 0 aliphatic carbocycles. The number of anilines is 2. The van der Waals surface area contributed by atoms with E-state index in [0.29, 0.717) is 42.7 Å². The Morgan fingerprint density at radius 2 is 1.89 bits per heavy atom. The smallest absolute Gasteiger partial charge is 0.354 e. The van der Waals surface area contributed by atoms with Crippen molar-refractivity contribution in [3.63, 3.8) is 0 Å². The van der Waals surface area contributed by atoms with Crippen molar-refractivity contribution in [3.05, 3.63) is 52.7 Å². The van der Waals surface area contributed by atoms with Gasteiger partial charge in [0.2, 0.25) is 5.91 Å². The maximum absolute atomic E-state index is 12.6. The number of halogens is 4. The molecular weight excluding hydrogens is 393 g/mol. The lowest BCUT2D eigenvalue weighted by atomic mass is 10.2. The van der Waals surface area contributed by atoms with Crippen LogP contribution in [0.4, 0.5) is 24.7 Å². The fourth-order valence-electron chi connectivity index (χ4n) is 2.95. The largest absolute Gasteiger partial charge is 0.417 e. The van der Waals surface area contributed by atoms with Crippen LogP contribution in [0, 0.1) is 6.92 Å². The number of aromatic nitrogens is 1. The van der Waals surface area contributed by atoms with Crippen molar-refractivity contribution >= 4 is 29.0 Å². The molecule has 1 aromatic carbocycles. The molecule has 9 heteroatoms. The number of carbonyl (C=O) groups is 1. The van der Waals surface area contributed by atoms with Crippen molar-refractivity contribution in [1.82, 2.24) is 9.88 Å². The maximum atomic E-state index is 12.6. The van der Waals surface area contributed by atoms with Crippen LogP contribution in [0.15, 0.2) is 36.5 Å². The number of pyridine rings is 1. The summed E-state index contributed by atoms with van der Waals surface area (Å²) in [4.78, 5) is 20.1. The number of amides is 1. The van der Waals surface area contributed by atoms with Gasteiger partial charge in [0.05, 0.1) is 12.1 Å². The van der Waals surface area contributed by atoms with Crippen molar-refractivity contribution in [2.24, 2.45) is 0 Å². The van der Waals surface area contributed by atoms with Crippen molar-refractivity contribution < 1.29 is 18.0 Å².